The van der Waals surface area contributed by atoms with E-state index in [4.69, 9.17) is 0 Å². The molecule has 4 rings (SSSR count). The molecule has 1 aromatic carbocycles. The zero-order valence-electron chi connectivity index (χ0n) is 19.0. The van der Waals surface area contributed by atoms with Crippen LogP contribution in [0.2, 0.25) is 0 Å². The number of dihydropyridines is 1. The predicted molar refractivity (Wildman–Crippen MR) is 128 cm³/mol. The molecule has 0 saturated heterocycles. The highest BCUT2D eigenvalue weighted by atomic mass is 16.2. The highest BCUT2D eigenvalue weighted by Gasteiger charge is 2.19. The minimum absolute atomic E-state index is 0.143. The van der Waals surface area contributed by atoms with Crippen molar-refractivity contribution in [2.75, 3.05) is 41.3 Å². The van der Waals surface area contributed by atoms with Crippen LogP contribution in [-0.4, -0.2) is 83.9 Å². The monoisotopic (exact) mass is 431 g/mol. The van der Waals surface area contributed by atoms with E-state index in [1.54, 1.807) is 0 Å². The summed E-state index contributed by atoms with van der Waals surface area (Å²) in [7, 11) is 8.08. The molecule has 1 aliphatic rings. The molecule has 3 aromatic rings. The van der Waals surface area contributed by atoms with E-state index in [1.807, 2.05) is 70.9 Å². The molecule has 2 N–H and O–H groups in total. The van der Waals surface area contributed by atoms with E-state index in [0.717, 1.165) is 46.4 Å². The fourth-order valence-corrected chi connectivity index (χ4v) is 3.78. The number of aromatic amines is 1. The zero-order valence-corrected chi connectivity index (χ0v) is 19.0. The number of aliphatic imine (C=N–C) groups is 1. The molecule has 0 aliphatic carbocycles. The second-order valence-corrected chi connectivity index (χ2v) is 8.66. The van der Waals surface area contributed by atoms with Crippen molar-refractivity contribution in [3.8, 4) is 11.1 Å². The molecule has 8 nitrogen and oxygen atoms in total. The zero-order chi connectivity index (χ0) is 22.7. The molecule has 0 radical (unpaired) electrons. The molecule has 0 fully saturated rings. The van der Waals surface area contributed by atoms with Crippen LogP contribution in [0.1, 0.15) is 16.1 Å². The Bertz CT molecular complexity index is 1180. The molecule has 1 aliphatic heterocycles. The maximum absolute atomic E-state index is 13.0. The minimum Gasteiger partial charge on any atom is -0.343 e. The standard InChI is InChI=1S/C24H29N7O/c1-30(2)14-16-9-18(12-25-11-16)17-5-8-22-21(10-17)23(29-28-22)24(32)27-19-6-7-20(26-13-19)15-31(3)4/h5-12,19H,13-15H2,1-4H3,(H,27,32)(H,28,29). The van der Waals surface area contributed by atoms with Gasteiger partial charge < -0.3 is 15.1 Å². The van der Waals surface area contributed by atoms with Crippen molar-refractivity contribution in [2.45, 2.75) is 12.6 Å². The topological polar surface area (TPSA) is 89.5 Å². The molecule has 2 aromatic heterocycles. The number of hydrogen-bond acceptors (Lipinski definition) is 6. The molecule has 1 atom stereocenters. The number of nitrogens with zero attached hydrogens (tertiary/aromatic N) is 5. The Hall–Kier alpha value is -3.36. The molecule has 0 saturated carbocycles. The van der Waals surface area contributed by atoms with Crippen LogP contribution in [0.15, 0.2) is 53.8 Å². The van der Waals surface area contributed by atoms with Crippen molar-refractivity contribution in [3.05, 3.63) is 60.1 Å². The summed E-state index contributed by atoms with van der Waals surface area (Å²) in [5, 5.41) is 11.1. The lowest BCUT2D eigenvalue weighted by molar-refractivity contribution is 0.0942. The van der Waals surface area contributed by atoms with Gasteiger partial charge in [0.05, 0.1) is 18.1 Å². The lowest BCUT2D eigenvalue weighted by Gasteiger charge is -2.18. The lowest BCUT2D eigenvalue weighted by Crippen LogP contribution is -2.38. The van der Waals surface area contributed by atoms with Gasteiger partial charge in [-0.05, 0) is 63.6 Å². The first-order valence-electron chi connectivity index (χ1n) is 10.6. The van der Waals surface area contributed by atoms with Crippen LogP contribution >= 0.6 is 0 Å². The number of H-pyrrole nitrogens is 1. The van der Waals surface area contributed by atoms with Gasteiger partial charge in [0.1, 0.15) is 0 Å². The van der Waals surface area contributed by atoms with Gasteiger partial charge >= 0.3 is 0 Å². The van der Waals surface area contributed by atoms with E-state index in [2.05, 4.69) is 41.4 Å². The van der Waals surface area contributed by atoms with E-state index in [9.17, 15) is 4.79 Å². The Morgan fingerprint density at radius 2 is 1.91 bits per heavy atom. The first kappa shape index (κ1) is 21.9. The summed E-state index contributed by atoms with van der Waals surface area (Å²) in [6, 6.07) is 7.95. The summed E-state index contributed by atoms with van der Waals surface area (Å²) >= 11 is 0. The number of rotatable bonds is 7. The second kappa shape index (κ2) is 9.42. The van der Waals surface area contributed by atoms with Crippen molar-refractivity contribution in [2.24, 2.45) is 4.99 Å². The predicted octanol–water partition coefficient (Wildman–Crippen LogP) is 2.36. The smallest absolute Gasteiger partial charge is 0.272 e. The molecule has 3 heterocycles. The van der Waals surface area contributed by atoms with Gasteiger partial charge in [-0.25, -0.2) is 0 Å². The Labute approximate surface area is 188 Å². The van der Waals surface area contributed by atoms with Crippen LogP contribution < -0.4 is 5.32 Å². The number of nitrogens with one attached hydrogen (secondary N) is 2. The molecule has 1 unspecified atom stereocenters. The van der Waals surface area contributed by atoms with E-state index in [-0.39, 0.29) is 11.9 Å². The van der Waals surface area contributed by atoms with Crippen molar-refractivity contribution >= 4 is 22.5 Å². The van der Waals surface area contributed by atoms with Gasteiger partial charge in [0.25, 0.3) is 5.91 Å². The molecule has 32 heavy (non-hydrogen) atoms. The first-order chi connectivity index (χ1) is 15.4. The Morgan fingerprint density at radius 3 is 2.62 bits per heavy atom. The van der Waals surface area contributed by atoms with Crippen molar-refractivity contribution in [1.29, 1.82) is 0 Å². The van der Waals surface area contributed by atoms with Crippen LogP contribution in [0.25, 0.3) is 22.0 Å². The molecular weight excluding hydrogens is 402 g/mol. The third kappa shape index (κ3) is 5.09. The lowest BCUT2D eigenvalue weighted by atomic mass is 10.0. The average molecular weight is 432 g/mol. The van der Waals surface area contributed by atoms with Crippen LogP contribution in [0.4, 0.5) is 0 Å². The number of carbonyl (C=O) groups excluding carboxylic acids is 1. The van der Waals surface area contributed by atoms with Gasteiger partial charge in [0.2, 0.25) is 0 Å². The van der Waals surface area contributed by atoms with Crippen LogP contribution in [0.5, 0.6) is 0 Å². The first-order valence-corrected chi connectivity index (χ1v) is 10.6. The largest absolute Gasteiger partial charge is 0.343 e. The summed E-state index contributed by atoms with van der Waals surface area (Å²) in [5.41, 5.74) is 5.36. The van der Waals surface area contributed by atoms with E-state index >= 15 is 0 Å². The quantitative estimate of drug-likeness (QED) is 0.600. The maximum Gasteiger partial charge on any atom is 0.272 e. The highest BCUT2D eigenvalue weighted by molar-refractivity contribution is 6.06. The van der Waals surface area contributed by atoms with Crippen molar-refractivity contribution in [3.63, 3.8) is 0 Å². The number of aromatic nitrogens is 3. The average Bonchev–Trinajstić information content (AvgIpc) is 3.18. The third-order valence-corrected chi connectivity index (χ3v) is 5.21. The number of hydrogen-bond donors (Lipinski definition) is 2. The van der Waals surface area contributed by atoms with Crippen molar-refractivity contribution < 1.29 is 4.79 Å². The highest BCUT2D eigenvalue weighted by Crippen LogP contribution is 2.26. The molecule has 0 spiro atoms. The minimum atomic E-state index is -0.214. The summed E-state index contributed by atoms with van der Waals surface area (Å²) in [4.78, 5) is 26.1. The molecular formula is C24H29N7O. The molecule has 0 bridgehead atoms. The van der Waals surface area contributed by atoms with Gasteiger partial charge in [-0.15, -0.1) is 0 Å². The molecule has 166 valence electrons. The van der Waals surface area contributed by atoms with E-state index < -0.39 is 0 Å². The van der Waals surface area contributed by atoms with Gasteiger partial charge in [0.15, 0.2) is 5.69 Å². The normalized spacial score (nSPS) is 16.1. The van der Waals surface area contributed by atoms with Gasteiger partial charge in [0, 0.05) is 42.1 Å². The Morgan fingerprint density at radius 1 is 1.09 bits per heavy atom. The number of carbonyl (C=O) groups is 1. The van der Waals surface area contributed by atoms with Crippen LogP contribution in [0, 0.1) is 0 Å². The number of amides is 1. The number of benzene rings is 1. The van der Waals surface area contributed by atoms with Crippen molar-refractivity contribution in [1.82, 2.24) is 30.3 Å². The summed E-state index contributed by atoms with van der Waals surface area (Å²) < 4.78 is 0. The molecule has 8 heteroatoms. The van der Waals surface area contributed by atoms with E-state index in [0.29, 0.717) is 12.2 Å². The van der Waals surface area contributed by atoms with Gasteiger partial charge in [-0.3, -0.25) is 19.9 Å². The fraction of sp³-hybridized carbons (Fsp3) is 0.333. The maximum atomic E-state index is 13.0. The van der Waals surface area contributed by atoms with Crippen LogP contribution in [-0.2, 0) is 6.54 Å². The number of pyridine rings is 1. The van der Waals surface area contributed by atoms with Gasteiger partial charge in [-0.2, -0.15) is 5.10 Å². The fourth-order valence-electron chi connectivity index (χ4n) is 3.78. The van der Waals surface area contributed by atoms with E-state index in [1.165, 1.54) is 0 Å². The summed E-state index contributed by atoms with van der Waals surface area (Å²) in [6.07, 6.45) is 7.69. The summed E-state index contributed by atoms with van der Waals surface area (Å²) in [6.45, 7) is 2.13. The SMILES string of the molecule is CN(C)CC1=NCC(NC(=O)c2n[nH]c3ccc(-c4cncc(CN(C)C)c4)cc23)C=C1. The number of fused-ring (bicyclic) bond motifs is 1. The summed E-state index contributed by atoms with van der Waals surface area (Å²) in [5.74, 6) is -0.214. The second-order valence-electron chi connectivity index (χ2n) is 8.66. The Kier molecular flexibility index (Phi) is 6.43. The Balaban J connectivity index is 1.53. The third-order valence-electron chi connectivity index (χ3n) is 5.21. The molecule has 1 amide bonds. The van der Waals surface area contributed by atoms with Crippen LogP contribution in [0.3, 0.4) is 0 Å². The van der Waals surface area contributed by atoms with Gasteiger partial charge in [-0.1, -0.05) is 12.1 Å².